The molecule has 6 rings (SSSR count). The zero-order chi connectivity index (χ0) is 29.9. The summed E-state index contributed by atoms with van der Waals surface area (Å²) in [6.45, 7) is 4.38. The second kappa shape index (κ2) is 12.6. The quantitative estimate of drug-likeness (QED) is 0.179. The lowest BCUT2D eigenvalue weighted by molar-refractivity contribution is -0.119. The van der Waals surface area contributed by atoms with Crippen molar-refractivity contribution in [3.63, 3.8) is 0 Å². The van der Waals surface area contributed by atoms with E-state index in [0.29, 0.717) is 18.6 Å². The molecule has 0 radical (unpaired) electrons. The number of ketones is 1. The minimum atomic E-state index is -0.953. The van der Waals surface area contributed by atoms with Gasteiger partial charge in [-0.2, -0.15) is 0 Å². The van der Waals surface area contributed by atoms with Crippen molar-refractivity contribution in [3.8, 4) is 33.8 Å². The van der Waals surface area contributed by atoms with E-state index in [0.717, 1.165) is 22.6 Å². The maximum atomic E-state index is 13.7. The fourth-order valence-electron chi connectivity index (χ4n) is 6.50. The van der Waals surface area contributed by atoms with Crippen LogP contribution >= 0.6 is 7.92 Å². The van der Waals surface area contributed by atoms with Crippen LogP contribution in [0.15, 0.2) is 115 Å². The summed E-state index contributed by atoms with van der Waals surface area (Å²) in [7, 11) is 2.46. The zero-order valence-electron chi connectivity index (χ0n) is 25.2. The topological polar surface area (TPSA) is 35.5 Å². The van der Waals surface area contributed by atoms with E-state index in [1.165, 1.54) is 38.7 Å². The van der Waals surface area contributed by atoms with Crippen molar-refractivity contribution in [3.05, 3.63) is 138 Å². The molecule has 216 valence electrons. The summed E-state index contributed by atoms with van der Waals surface area (Å²) < 4.78 is 11.4. The molecule has 2 unspecified atom stereocenters. The van der Waals surface area contributed by atoms with Crippen molar-refractivity contribution in [2.75, 3.05) is 14.2 Å². The van der Waals surface area contributed by atoms with Gasteiger partial charge in [0, 0.05) is 24.2 Å². The van der Waals surface area contributed by atoms with Gasteiger partial charge in [0.05, 0.1) is 14.2 Å². The van der Waals surface area contributed by atoms with Gasteiger partial charge >= 0.3 is 0 Å². The number of hydrogen-bond donors (Lipinski definition) is 0. The number of carbonyl (C=O) groups is 1. The molecule has 0 saturated carbocycles. The minimum absolute atomic E-state index is 0.0236. The minimum Gasteiger partial charge on any atom is -0.497 e. The van der Waals surface area contributed by atoms with Crippen LogP contribution in [0.3, 0.4) is 0 Å². The van der Waals surface area contributed by atoms with E-state index in [4.69, 9.17) is 9.47 Å². The molecule has 1 heterocycles. The third kappa shape index (κ3) is 5.75. The predicted octanol–water partition coefficient (Wildman–Crippen LogP) is 9.61. The highest BCUT2D eigenvalue weighted by atomic mass is 31.1. The maximum Gasteiger partial charge on any atom is 0.134 e. The van der Waals surface area contributed by atoms with E-state index in [1.807, 2.05) is 12.1 Å². The van der Waals surface area contributed by atoms with Gasteiger partial charge < -0.3 is 9.47 Å². The molecule has 5 aromatic carbocycles. The van der Waals surface area contributed by atoms with Crippen LogP contribution < -0.4 is 14.8 Å². The average Bonchev–Trinajstić information content (AvgIpc) is 3.04. The van der Waals surface area contributed by atoms with Crippen molar-refractivity contribution in [1.29, 1.82) is 0 Å². The molecule has 4 heteroatoms. The Kier molecular flexibility index (Phi) is 8.45. The third-order valence-corrected chi connectivity index (χ3v) is 11.9. The van der Waals surface area contributed by atoms with Crippen molar-refractivity contribution in [2.24, 2.45) is 0 Å². The first-order valence-electron chi connectivity index (χ1n) is 14.8. The highest BCUT2D eigenvalue weighted by molar-refractivity contribution is 7.67. The zero-order valence-corrected chi connectivity index (χ0v) is 26.1. The molecule has 3 nitrogen and oxygen atoms in total. The van der Waals surface area contributed by atoms with Gasteiger partial charge in [0.2, 0.25) is 0 Å². The number of rotatable bonds is 7. The van der Waals surface area contributed by atoms with E-state index >= 15 is 0 Å². The van der Waals surface area contributed by atoms with E-state index in [-0.39, 0.29) is 11.3 Å². The molecule has 1 aliphatic heterocycles. The molecule has 0 amide bonds. The molecule has 5 aromatic rings. The van der Waals surface area contributed by atoms with E-state index < -0.39 is 7.92 Å². The van der Waals surface area contributed by atoms with E-state index in [2.05, 4.69) is 117 Å². The van der Waals surface area contributed by atoms with Crippen LogP contribution in [0.25, 0.3) is 22.3 Å². The average molecular weight is 585 g/mol. The monoisotopic (exact) mass is 584 g/mol. The first-order chi connectivity index (χ1) is 21.0. The summed E-state index contributed by atoms with van der Waals surface area (Å²) in [6.07, 6.45) is 1.02. The second-order valence-corrected chi connectivity index (χ2v) is 13.8. The molecular weight excluding hydrogens is 547 g/mol. The first kappa shape index (κ1) is 28.9. The molecule has 0 N–H and O–H groups in total. The van der Waals surface area contributed by atoms with Crippen molar-refractivity contribution in [1.82, 2.24) is 0 Å². The molecule has 0 aromatic heterocycles. The van der Waals surface area contributed by atoms with Crippen LogP contribution in [0, 0.1) is 13.8 Å². The molecule has 1 fully saturated rings. The van der Waals surface area contributed by atoms with Gasteiger partial charge in [0.15, 0.2) is 0 Å². The van der Waals surface area contributed by atoms with Crippen LogP contribution in [0.2, 0.25) is 0 Å². The smallest absolute Gasteiger partial charge is 0.134 e. The summed E-state index contributed by atoms with van der Waals surface area (Å²) in [5.74, 6) is 1.93. The fourth-order valence-corrected chi connectivity index (χ4v) is 10.3. The van der Waals surface area contributed by atoms with Crippen LogP contribution in [0.1, 0.15) is 46.4 Å². The lowest BCUT2D eigenvalue weighted by atomic mass is 9.94. The lowest BCUT2D eigenvalue weighted by Gasteiger charge is -2.41. The van der Waals surface area contributed by atoms with Crippen molar-refractivity contribution in [2.45, 2.75) is 38.0 Å². The van der Waals surface area contributed by atoms with Gasteiger partial charge in [0.1, 0.15) is 17.3 Å². The van der Waals surface area contributed by atoms with Gasteiger partial charge in [-0.05, 0) is 87.9 Å². The predicted molar refractivity (Wildman–Crippen MR) is 179 cm³/mol. The Morgan fingerprint density at radius 1 is 0.558 bits per heavy atom. The fraction of sp³-hybridized carbons (Fsp3) is 0.205. The summed E-state index contributed by atoms with van der Waals surface area (Å²) in [6, 6.07) is 40.8. The molecule has 1 saturated heterocycles. The van der Waals surface area contributed by atoms with Gasteiger partial charge in [-0.3, -0.25) is 4.79 Å². The lowest BCUT2D eigenvalue weighted by Crippen LogP contribution is -2.26. The van der Waals surface area contributed by atoms with Crippen molar-refractivity contribution < 1.29 is 14.3 Å². The standard InChI is InChI=1S/C39H37O3P/c1-26-12-5-7-18-33(26)35-20-11-21-36(34-19-8-6-13-27(34)2)39(35)43-37(28-14-9-16-31(22-28)41-3)24-30(40)25-38(43)29-15-10-17-32(23-29)42-4/h5-23,37-38H,24-25H2,1-4H3. The maximum absolute atomic E-state index is 13.7. The second-order valence-electron chi connectivity index (χ2n) is 11.3. The van der Waals surface area contributed by atoms with Crippen LogP contribution in [0.5, 0.6) is 11.5 Å². The van der Waals surface area contributed by atoms with Crippen molar-refractivity contribution >= 4 is 19.0 Å². The van der Waals surface area contributed by atoms with Crippen LogP contribution in [-0.2, 0) is 4.79 Å². The Hall–Kier alpha value is -4.20. The molecule has 1 aliphatic rings. The highest BCUT2D eigenvalue weighted by Crippen LogP contribution is 2.68. The first-order valence-corrected chi connectivity index (χ1v) is 16.3. The number of Topliss-reactive ketones (excluding diaryl/α,β-unsaturated/α-hetero) is 1. The van der Waals surface area contributed by atoms with Crippen LogP contribution in [0.4, 0.5) is 0 Å². The number of carbonyl (C=O) groups excluding carboxylic acids is 1. The molecule has 0 spiro atoms. The number of ether oxygens (including phenoxy) is 2. The molecule has 0 bridgehead atoms. The Balaban J connectivity index is 1.70. The van der Waals surface area contributed by atoms with E-state index in [9.17, 15) is 4.79 Å². The largest absolute Gasteiger partial charge is 0.497 e. The summed E-state index contributed by atoms with van der Waals surface area (Å²) in [5.41, 5.74) is 9.81. The highest BCUT2D eigenvalue weighted by Gasteiger charge is 2.42. The Labute approximate surface area is 256 Å². The number of methoxy groups -OCH3 is 2. The van der Waals surface area contributed by atoms with E-state index in [1.54, 1.807) is 14.2 Å². The SMILES string of the molecule is COc1cccc(C2CC(=O)CC(c3cccc(OC)c3)P2c2c(-c3ccccc3C)cccc2-c2ccccc2C)c1. The Morgan fingerprint density at radius 3 is 1.42 bits per heavy atom. The van der Waals surface area contributed by atoms with Gasteiger partial charge in [-0.15, -0.1) is 0 Å². The summed E-state index contributed by atoms with van der Waals surface area (Å²) in [5, 5.41) is 1.36. The Morgan fingerprint density at radius 2 is 0.977 bits per heavy atom. The molecule has 2 atom stereocenters. The molecular formula is C39H37O3P. The third-order valence-electron chi connectivity index (χ3n) is 8.64. The summed E-state index contributed by atoms with van der Waals surface area (Å²) in [4.78, 5) is 13.7. The number of hydrogen-bond acceptors (Lipinski definition) is 3. The Bertz CT molecular complexity index is 1650. The molecule has 43 heavy (non-hydrogen) atoms. The number of aryl methyl sites for hydroxylation is 2. The normalized spacial score (nSPS) is 18.3. The van der Waals surface area contributed by atoms with Gasteiger partial charge in [0.25, 0.3) is 0 Å². The number of benzene rings is 5. The van der Waals surface area contributed by atoms with Crippen LogP contribution in [-0.4, -0.2) is 20.0 Å². The molecule has 0 aliphatic carbocycles. The summed E-state index contributed by atoms with van der Waals surface area (Å²) >= 11 is 0. The van der Waals surface area contributed by atoms with Gasteiger partial charge in [-0.25, -0.2) is 0 Å². The van der Waals surface area contributed by atoms with Gasteiger partial charge in [-0.1, -0.05) is 98.9 Å².